The van der Waals surface area contributed by atoms with Crippen LogP contribution in [-0.4, -0.2) is 29.0 Å². The molecule has 0 bridgehead atoms. The maximum absolute atomic E-state index is 12.5. The van der Waals surface area contributed by atoms with Crippen LogP contribution in [-0.2, 0) is 4.79 Å². The zero-order chi connectivity index (χ0) is 18.1. The lowest BCUT2D eigenvalue weighted by molar-refractivity contribution is -0.122. The Morgan fingerprint density at radius 3 is 2.69 bits per heavy atom. The van der Waals surface area contributed by atoms with Crippen molar-refractivity contribution in [3.63, 3.8) is 0 Å². The molecule has 4 rings (SSSR count). The van der Waals surface area contributed by atoms with Crippen molar-refractivity contribution in [2.45, 2.75) is 23.8 Å². The molecule has 2 aromatic carbocycles. The first-order valence-corrected chi connectivity index (χ1v) is 9.75. The summed E-state index contributed by atoms with van der Waals surface area (Å²) in [6, 6.07) is 15.7. The van der Waals surface area contributed by atoms with E-state index >= 15 is 0 Å². The van der Waals surface area contributed by atoms with E-state index < -0.39 is 0 Å². The number of thioether (sulfide) groups is 1. The molecule has 0 saturated heterocycles. The largest absolute Gasteiger partial charge is 0.349 e. The van der Waals surface area contributed by atoms with Gasteiger partial charge in [-0.25, -0.2) is 0 Å². The van der Waals surface area contributed by atoms with Gasteiger partial charge < -0.3 is 10.2 Å². The topological polar surface area (TPSA) is 49.4 Å². The van der Waals surface area contributed by atoms with Gasteiger partial charge in [-0.15, -0.1) is 11.8 Å². The fourth-order valence-electron chi connectivity index (χ4n) is 3.54. The predicted molar refractivity (Wildman–Crippen MR) is 104 cm³/mol. The highest BCUT2D eigenvalue weighted by Gasteiger charge is 2.31. The quantitative estimate of drug-likeness (QED) is 0.896. The first-order chi connectivity index (χ1) is 12.6. The highest BCUT2D eigenvalue weighted by Crippen LogP contribution is 2.36. The number of rotatable bonds is 4. The van der Waals surface area contributed by atoms with Crippen LogP contribution in [0, 0.1) is 0 Å². The second kappa shape index (κ2) is 7.00. The molecular weight excluding hydrogens is 344 g/mol. The third kappa shape index (κ3) is 3.03. The van der Waals surface area contributed by atoms with Gasteiger partial charge in [0, 0.05) is 40.4 Å². The molecule has 5 heteroatoms. The number of benzene rings is 2. The van der Waals surface area contributed by atoms with E-state index in [0.717, 1.165) is 17.7 Å². The van der Waals surface area contributed by atoms with Gasteiger partial charge in [0.25, 0.3) is 5.91 Å². The van der Waals surface area contributed by atoms with Crippen LogP contribution < -0.4 is 5.32 Å². The minimum absolute atomic E-state index is 0.0340. The normalized spacial score (nSPS) is 18.5. The Hall–Kier alpha value is -2.53. The van der Waals surface area contributed by atoms with Crippen molar-refractivity contribution in [1.82, 2.24) is 10.2 Å². The van der Waals surface area contributed by atoms with Crippen molar-refractivity contribution in [2.75, 3.05) is 12.3 Å². The number of fused-ring (bicyclic) bond motifs is 2. The fourth-order valence-corrected chi connectivity index (χ4v) is 4.67. The molecule has 2 aliphatic heterocycles. The number of carbonyl (C=O) groups excluding carboxylic acids is 2. The van der Waals surface area contributed by atoms with Crippen LogP contribution in [0.2, 0.25) is 0 Å². The summed E-state index contributed by atoms with van der Waals surface area (Å²) >= 11 is 1.83. The maximum Gasteiger partial charge on any atom is 0.258 e. The molecule has 1 unspecified atom stereocenters. The van der Waals surface area contributed by atoms with E-state index in [4.69, 9.17) is 0 Å². The molecule has 4 nitrogen and oxygen atoms in total. The van der Waals surface area contributed by atoms with Crippen molar-refractivity contribution in [1.29, 1.82) is 0 Å². The monoisotopic (exact) mass is 364 g/mol. The highest BCUT2D eigenvalue weighted by molar-refractivity contribution is 7.99. The summed E-state index contributed by atoms with van der Waals surface area (Å²) in [6.45, 7) is 4.37. The predicted octanol–water partition coefficient (Wildman–Crippen LogP) is 3.86. The van der Waals surface area contributed by atoms with Crippen molar-refractivity contribution < 1.29 is 9.59 Å². The van der Waals surface area contributed by atoms with Crippen molar-refractivity contribution >= 4 is 29.3 Å². The standard InChI is InChI=1S/C21H20N2O2S/c1-14-15-6-2-3-7-16(15)21(25)23(14)12-10-20(24)22-18-11-13-26-19-9-5-4-8-17(18)19/h2-9,18H,1,10-13H2,(H,22,24). The number of nitrogens with zero attached hydrogens (tertiary/aromatic N) is 1. The molecule has 0 aliphatic carbocycles. The smallest absolute Gasteiger partial charge is 0.258 e. The van der Waals surface area contributed by atoms with E-state index in [1.807, 2.05) is 42.1 Å². The zero-order valence-corrected chi connectivity index (χ0v) is 15.2. The van der Waals surface area contributed by atoms with Crippen LogP contribution in [0.5, 0.6) is 0 Å². The molecule has 2 aromatic rings. The summed E-state index contributed by atoms with van der Waals surface area (Å²) < 4.78 is 0. The molecule has 0 spiro atoms. The summed E-state index contributed by atoms with van der Waals surface area (Å²) in [6.07, 6.45) is 1.19. The molecule has 0 saturated carbocycles. The molecule has 0 aromatic heterocycles. The van der Waals surface area contributed by atoms with Crippen LogP contribution in [0.3, 0.4) is 0 Å². The molecule has 0 fully saturated rings. The van der Waals surface area contributed by atoms with Gasteiger partial charge in [0.1, 0.15) is 0 Å². The number of amides is 2. The summed E-state index contributed by atoms with van der Waals surface area (Å²) in [5.74, 6) is 0.893. The fraction of sp³-hybridized carbons (Fsp3) is 0.238. The second-order valence-electron chi connectivity index (χ2n) is 6.49. The van der Waals surface area contributed by atoms with Gasteiger partial charge in [-0.1, -0.05) is 43.0 Å². The Labute approximate surface area is 157 Å². The molecule has 2 heterocycles. The van der Waals surface area contributed by atoms with Gasteiger partial charge in [-0.05, 0) is 24.1 Å². The van der Waals surface area contributed by atoms with Gasteiger partial charge in [-0.2, -0.15) is 0 Å². The molecule has 1 N–H and O–H groups in total. The lowest BCUT2D eigenvalue weighted by Gasteiger charge is -2.26. The number of carbonyl (C=O) groups is 2. The zero-order valence-electron chi connectivity index (χ0n) is 14.4. The minimum atomic E-state index is -0.0715. The number of nitrogens with one attached hydrogen (secondary N) is 1. The SMILES string of the molecule is C=C1c2ccccc2C(=O)N1CCC(=O)NC1CCSc2ccccc21. The van der Waals surface area contributed by atoms with E-state index in [2.05, 4.69) is 24.0 Å². The Bertz CT molecular complexity index is 858. The third-order valence-electron chi connectivity index (χ3n) is 4.90. The Morgan fingerprint density at radius 1 is 1.15 bits per heavy atom. The molecule has 26 heavy (non-hydrogen) atoms. The average Bonchev–Trinajstić information content (AvgIpc) is 2.91. The Morgan fingerprint density at radius 2 is 1.88 bits per heavy atom. The van der Waals surface area contributed by atoms with Crippen LogP contribution in [0.25, 0.3) is 5.70 Å². The van der Waals surface area contributed by atoms with Crippen LogP contribution >= 0.6 is 11.8 Å². The van der Waals surface area contributed by atoms with E-state index in [1.165, 1.54) is 10.5 Å². The molecule has 2 aliphatic rings. The van der Waals surface area contributed by atoms with Crippen LogP contribution in [0.15, 0.2) is 60.0 Å². The first kappa shape index (κ1) is 16.9. The molecule has 0 radical (unpaired) electrons. The third-order valence-corrected chi connectivity index (χ3v) is 6.02. The number of hydrogen-bond donors (Lipinski definition) is 1. The first-order valence-electron chi connectivity index (χ1n) is 8.76. The molecule has 1 atom stereocenters. The van der Waals surface area contributed by atoms with Gasteiger partial charge >= 0.3 is 0 Å². The molecule has 132 valence electrons. The lowest BCUT2D eigenvalue weighted by Crippen LogP contribution is -2.34. The van der Waals surface area contributed by atoms with Crippen LogP contribution in [0.4, 0.5) is 0 Å². The summed E-state index contributed by atoms with van der Waals surface area (Å²) in [5.41, 5.74) is 3.39. The van der Waals surface area contributed by atoms with Gasteiger partial charge in [0.05, 0.1) is 6.04 Å². The van der Waals surface area contributed by atoms with Gasteiger partial charge in [0.2, 0.25) is 5.91 Å². The van der Waals surface area contributed by atoms with Crippen molar-refractivity contribution in [2.24, 2.45) is 0 Å². The molecule has 2 amide bonds. The van der Waals surface area contributed by atoms with E-state index in [9.17, 15) is 9.59 Å². The van der Waals surface area contributed by atoms with Gasteiger partial charge in [-0.3, -0.25) is 9.59 Å². The highest BCUT2D eigenvalue weighted by atomic mass is 32.2. The van der Waals surface area contributed by atoms with E-state index in [1.54, 1.807) is 11.0 Å². The summed E-state index contributed by atoms with van der Waals surface area (Å²) in [7, 11) is 0. The minimum Gasteiger partial charge on any atom is -0.349 e. The van der Waals surface area contributed by atoms with Crippen molar-refractivity contribution in [3.8, 4) is 0 Å². The molecular formula is C21H20N2O2S. The van der Waals surface area contributed by atoms with E-state index in [-0.39, 0.29) is 24.3 Å². The Kier molecular flexibility index (Phi) is 4.55. The average molecular weight is 364 g/mol. The summed E-state index contributed by atoms with van der Waals surface area (Å²) in [5, 5.41) is 3.13. The number of hydrogen-bond acceptors (Lipinski definition) is 3. The van der Waals surface area contributed by atoms with E-state index in [0.29, 0.717) is 17.8 Å². The summed E-state index contributed by atoms with van der Waals surface area (Å²) in [4.78, 5) is 27.8. The lowest BCUT2D eigenvalue weighted by atomic mass is 10.0. The Balaban J connectivity index is 1.39. The van der Waals surface area contributed by atoms with Crippen LogP contribution in [0.1, 0.15) is 40.4 Å². The van der Waals surface area contributed by atoms with Crippen molar-refractivity contribution in [3.05, 3.63) is 71.8 Å². The second-order valence-corrected chi connectivity index (χ2v) is 7.63. The maximum atomic E-state index is 12.5. The van der Waals surface area contributed by atoms with Gasteiger partial charge in [0.15, 0.2) is 0 Å².